The summed E-state index contributed by atoms with van der Waals surface area (Å²) in [6.45, 7) is 0. The van der Waals surface area contributed by atoms with E-state index < -0.39 is 14.3 Å². The summed E-state index contributed by atoms with van der Waals surface area (Å²) >= 11 is 6.84. The van der Waals surface area contributed by atoms with Crippen LogP contribution < -0.4 is 11.1 Å². The van der Waals surface area contributed by atoms with Crippen molar-refractivity contribution in [2.75, 3.05) is 11.6 Å². The molecule has 0 spiro atoms. The fourth-order valence-corrected chi connectivity index (χ4v) is 3.19. The van der Waals surface area contributed by atoms with Gasteiger partial charge in [-0.25, -0.2) is 28.4 Å². The molecule has 3 N–H and O–H groups in total. The standard InChI is InChI=1S/C13H12Br2N6O2S/c1-24(22,23)12-17-5-8-10(21-12)11(19-6-18-8)20-7-2-3-13(15,16)9(14)4-7/h2,4-6H,3,16H2,1H3,(H,18,19,20). The molecule has 0 saturated heterocycles. The number of anilines is 1. The zero-order valence-electron chi connectivity index (χ0n) is 12.4. The van der Waals surface area contributed by atoms with Gasteiger partial charge in [-0.05, 0) is 6.08 Å². The number of nitrogens with zero attached hydrogens (tertiary/aromatic N) is 4. The van der Waals surface area contributed by atoms with Crippen molar-refractivity contribution in [2.24, 2.45) is 5.73 Å². The van der Waals surface area contributed by atoms with Crippen LogP contribution in [0.5, 0.6) is 0 Å². The molecule has 126 valence electrons. The van der Waals surface area contributed by atoms with Gasteiger partial charge in [0.15, 0.2) is 5.82 Å². The SMILES string of the molecule is CS(=O)(=O)c1ncc2ncnc(NC3=CCC(N)(Br)C(Br)=C3)c2n1. The van der Waals surface area contributed by atoms with E-state index in [1.165, 1.54) is 12.5 Å². The average Bonchev–Trinajstić information content (AvgIpc) is 2.50. The Hall–Kier alpha value is -1.43. The molecule has 0 fully saturated rings. The van der Waals surface area contributed by atoms with Gasteiger partial charge in [-0.15, -0.1) is 0 Å². The van der Waals surface area contributed by atoms with Gasteiger partial charge < -0.3 is 11.1 Å². The highest BCUT2D eigenvalue weighted by molar-refractivity contribution is 9.14. The van der Waals surface area contributed by atoms with Crippen LogP contribution in [-0.2, 0) is 9.84 Å². The number of fused-ring (bicyclic) bond motifs is 1. The molecule has 1 aliphatic rings. The smallest absolute Gasteiger partial charge is 0.247 e. The fourth-order valence-electron chi connectivity index (χ4n) is 2.00. The van der Waals surface area contributed by atoms with Gasteiger partial charge in [-0.1, -0.05) is 37.9 Å². The van der Waals surface area contributed by atoms with Gasteiger partial charge in [0, 0.05) is 22.9 Å². The van der Waals surface area contributed by atoms with E-state index in [0.29, 0.717) is 23.3 Å². The fraction of sp³-hybridized carbons (Fsp3) is 0.231. The second kappa shape index (κ2) is 6.14. The highest BCUT2D eigenvalue weighted by Gasteiger charge is 2.27. The molecule has 0 saturated carbocycles. The third-order valence-electron chi connectivity index (χ3n) is 3.25. The molecule has 2 heterocycles. The maximum Gasteiger partial charge on any atom is 0.247 e. The van der Waals surface area contributed by atoms with Gasteiger partial charge in [0.2, 0.25) is 15.0 Å². The summed E-state index contributed by atoms with van der Waals surface area (Å²) in [5, 5.41) is 2.84. The Morgan fingerprint density at radius 2 is 2.08 bits per heavy atom. The second-order valence-electron chi connectivity index (χ2n) is 5.22. The van der Waals surface area contributed by atoms with E-state index in [4.69, 9.17) is 5.73 Å². The maximum atomic E-state index is 11.7. The van der Waals surface area contributed by atoms with E-state index in [-0.39, 0.29) is 5.16 Å². The summed E-state index contributed by atoms with van der Waals surface area (Å²) in [5.74, 6) is 0.384. The van der Waals surface area contributed by atoms with Crippen molar-refractivity contribution in [2.45, 2.75) is 16.0 Å². The van der Waals surface area contributed by atoms with Gasteiger partial charge in [-0.3, -0.25) is 0 Å². The Bertz CT molecular complexity index is 987. The Morgan fingerprint density at radius 1 is 1.33 bits per heavy atom. The minimum atomic E-state index is -3.53. The number of alkyl halides is 1. The van der Waals surface area contributed by atoms with Crippen LogP contribution >= 0.6 is 31.9 Å². The molecule has 0 aromatic carbocycles. The predicted octanol–water partition coefficient (Wildman–Crippen LogP) is 1.85. The number of nitrogens with one attached hydrogen (secondary N) is 1. The van der Waals surface area contributed by atoms with Crippen molar-refractivity contribution in [3.63, 3.8) is 0 Å². The van der Waals surface area contributed by atoms with Crippen LogP contribution in [0.25, 0.3) is 11.0 Å². The minimum absolute atomic E-state index is 0.274. The molecule has 3 rings (SSSR count). The topological polar surface area (TPSA) is 124 Å². The van der Waals surface area contributed by atoms with Crippen LogP contribution in [0.2, 0.25) is 0 Å². The molecule has 1 aliphatic carbocycles. The first-order valence-corrected chi connectivity index (χ1v) is 10.1. The first-order chi connectivity index (χ1) is 11.2. The van der Waals surface area contributed by atoms with E-state index in [2.05, 4.69) is 57.1 Å². The molecule has 24 heavy (non-hydrogen) atoms. The molecule has 1 unspecified atom stereocenters. The Labute approximate surface area is 154 Å². The van der Waals surface area contributed by atoms with Crippen molar-refractivity contribution in [3.8, 4) is 0 Å². The Morgan fingerprint density at radius 3 is 2.75 bits per heavy atom. The largest absolute Gasteiger partial charge is 0.339 e. The van der Waals surface area contributed by atoms with E-state index >= 15 is 0 Å². The molecule has 0 amide bonds. The van der Waals surface area contributed by atoms with E-state index in [9.17, 15) is 8.42 Å². The Kier molecular flexibility index (Phi) is 4.45. The van der Waals surface area contributed by atoms with E-state index in [1.54, 1.807) is 0 Å². The third-order valence-corrected chi connectivity index (χ3v) is 6.33. The zero-order valence-corrected chi connectivity index (χ0v) is 16.4. The quantitative estimate of drug-likeness (QED) is 0.391. The molecule has 2 aromatic heterocycles. The monoisotopic (exact) mass is 474 g/mol. The summed E-state index contributed by atoms with van der Waals surface area (Å²) in [7, 11) is -3.53. The van der Waals surface area contributed by atoms with Crippen LogP contribution in [0.1, 0.15) is 6.42 Å². The summed E-state index contributed by atoms with van der Waals surface area (Å²) in [6, 6.07) is 0. The van der Waals surface area contributed by atoms with Gasteiger partial charge in [0.1, 0.15) is 21.8 Å². The highest BCUT2D eigenvalue weighted by atomic mass is 79.9. The number of halogens is 2. The summed E-state index contributed by atoms with van der Waals surface area (Å²) in [5.41, 5.74) is 7.56. The van der Waals surface area contributed by atoms with Gasteiger partial charge in [0.05, 0.1) is 6.20 Å². The van der Waals surface area contributed by atoms with Gasteiger partial charge >= 0.3 is 0 Å². The first-order valence-electron chi connectivity index (χ1n) is 6.67. The zero-order chi connectivity index (χ0) is 17.5. The number of allylic oxidation sites excluding steroid dienone is 1. The number of sulfone groups is 1. The first kappa shape index (κ1) is 17.4. The molecular weight excluding hydrogens is 464 g/mol. The molecule has 8 nitrogen and oxygen atoms in total. The lowest BCUT2D eigenvalue weighted by Crippen LogP contribution is -2.34. The van der Waals surface area contributed by atoms with E-state index in [1.807, 2.05) is 12.2 Å². The van der Waals surface area contributed by atoms with Crippen molar-refractivity contribution < 1.29 is 8.42 Å². The lowest BCUT2D eigenvalue weighted by atomic mass is 10.1. The Balaban J connectivity index is 2.03. The van der Waals surface area contributed by atoms with Gasteiger partial charge in [-0.2, -0.15) is 0 Å². The normalized spacial score (nSPS) is 21.3. The lowest BCUT2D eigenvalue weighted by Gasteiger charge is -2.25. The molecule has 0 radical (unpaired) electrons. The van der Waals surface area contributed by atoms with Crippen LogP contribution in [0.15, 0.2) is 40.0 Å². The number of hydrogen-bond donors (Lipinski definition) is 2. The number of rotatable bonds is 3. The number of hydrogen-bond acceptors (Lipinski definition) is 8. The van der Waals surface area contributed by atoms with Crippen LogP contribution in [0.3, 0.4) is 0 Å². The second-order valence-corrected chi connectivity index (χ2v) is 9.40. The highest BCUT2D eigenvalue weighted by Crippen LogP contribution is 2.35. The molecule has 0 bridgehead atoms. The average molecular weight is 476 g/mol. The van der Waals surface area contributed by atoms with Crippen LogP contribution in [0, 0.1) is 0 Å². The van der Waals surface area contributed by atoms with E-state index in [0.717, 1.165) is 16.4 Å². The summed E-state index contributed by atoms with van der Waals surface area (Å²) < 4.78 is 23.4. The third kappa shape index (κ3) is 3.48. The molecular formula is C13H12Br2N6O2S. The predicted molar refractivity (Wildman–Crippen MR) is 97.4 cm³/mol. The number of nitrogens with two attached hydrogens (primary N) is 1. The number of aromatic nitrogens is 4. The maximum absolute atomic E-state index is 11.7. The lowest BCUT2D eigenvalue weighted by molar-refractivity contribution is 0.593. The van der Waals surface area contributed by atoms with Crippen molar-refractivity contribution in [1.82, 2.24) is 19.9 Å². The van der Waals surface area contributed by atoms with Crippen LogP contribution in [0.4, 0.5) is 5.82 Å². The van der Waals surface area contributed by atoms with Crippen LogP contribution in [-0.4, -0.2) is 39.1 Å². The molecule has 11 heteroatoms. The van der Waals surface area contributed by atoms with Crippen molar-refractivity contribution >= 4 is 58.5 Å². The van der Waals surface area contributed by atoms with Gasteiger partial charge in [0.25, 0.3) is 0 Å². The minimum Gasteiger partial charge on any atom is -0.339 e. The summed E-state index contributed by atoms with van der Waals surface area (Å²) in [4.78, 5) is 16.1. The van der Waals surface area contributed by atoms with Crippen molar-refractivity contribution in [3.05, 3.63) is 34.9 Å². The molecule has 2 aromatic rings. The molecule has 1 atom stereocenters. The van der Waals surface area contributed by atoms with Crippen molar-refractivity contribution in [1.29, 1.82) is 0 Å². The summed E-state index contributed by atoms with van der Waals surface area (Å²) in [6.07, 6.45) is 8.02. The molecule has 0 aliphatic heterocycles.